The molecule has 1 aromatic carbocycles. The molecule has 1 heterocycles. The van der Waals surface area contributed by atoms with E-state index in [9.17, 15) is 5.11 Å². The smallest absolute Gasteiger partial charge is 0.123 e. The minimum atomic E-state index is -0.598. The molecule has 1 aromatic rings. The summed E-state index contributed by atoms with van der Waals surface area (Å²) in [5.41, 5.74) is 7.38. The maximum absolute atomic E-state index is 9.68. The molecule has 3 heteroatoms. The molecule has 16 heavy (non-hydrogen) atoms. The summed E-state index contributed by atoms with van der Waals surface area (Å²) in [6.45, 7) is 4.41. The van der Waals surface area contributed by atoms with Gasteiger partial charge in [-0.25, -0.2) is 0 Å². The zero-order valence-corrected chi connectivity index (χ0v) is 9.86. The Hall–Kier alpha value is -1.06. The Morgan fingerprint density at radius 1 is 1.50 bits per heavy atom. The average molecular weight is 221 g/mol. The molecule has 0 amide bonds. The number of fused-ring (bicyclic) bond motifs is 1. The predicted molar refractivity (Wildman–Crippen MR) is 63.5 cm³/mol. The third-order valence-corrected chi connectivity index (χ3v) is 3.08. The molecule has 1 aliphatic heterocycles. The van der Waals surface area contributed by atoms with Gasteiger partial charge >= 0.3 is 0 Å². The summed E-state index contributed by atoms with van der Waals surface area (Å²) < 4.78 is 5.90. The van der Waals surface area contributed by atoms with Gasteiger partial charge in [-0.05, 0) is 43.9 Å². The molecule has 0 saturated carbocycles. The van der Waals surface area contributed by atoms with Gasteiger partial charge in [0.15, 0.2) is 0 Å². The Bertz CT molecular complexity index is 388. The van der Waals surface area contributed by atoms with Gasteiger partial charge < -0.3 is 15.6 Å². The molecule has 0 saturated heterocycles. The zero-order chi connectivity index (χ0) is 11.8. The van der Waals surface area contributed by atoms with Gasteiger partial charge in [-0.15, -0.1) is 0 Å². The molecule has 0 aliphatic carbocycles. The van der Waals surface area contributed by atoms with Gasteiger partial charge in [-0.3, -0.25) is 0 Å². The van der Waals surface area contributed by atoms with Crippen molar-refractivity contribution >= 4 is 0 Å². The summed E-state index contributed by atoms with van der Waals surface area (Å²) in [7, 11) is 0. The van der Waals surface area contributed by atoms with Crippen LogP contribution in [0.5, 0.6) is 5.75 Å². The molecule has 0 spiro atoms. The highest BCUT2D eigenvalue weighted by Crippen LogP contribution is 2.34. The minimum Gasteiger partial charge on any atom is -0.488 e. The van der Waals surface area contributed by atoms with Crippen LogP contribution in [0.3, 0.4) is 0 Å². The first-order valence-electron chi connectivity index (χ1n) is 5.72. The number of ether oxygens (including phenoxy) is 1. The van der Waals surface area contributed by atoms with Crippen molar-refractivity contribution in [1.82, 2.24) is 0 Å². The van der Waals surface area contributed by atoms with Crippen LogP contribution in [0, 0.1) is 0 Å². The van der Waals surface area contributed by atoms with E-state index in [4.69, 9.17) is 10.5 Å². The van der Waals surface area contributed by atoms with Crippen LogP contribution < -0.4 is 10.5 Å². The van der Waals surface area contributed by atoms with Crippen molar-refractivity contribution in [3.63, 3.8) is 0 Å². The highest BCUT2D eigenvalue weighted by atomic mass is 16.5. The number of aryl methyl sites for hydroxylation is 1. The van der Waals surface area contributed by atoms with Crippen molar-refractivity contribution in [2.75, 3.05) is 6.54 Å². The molecular weight excluding hydrogens is 202 g/mol. The van der Waals surface area contributed by atoms with E-state index in [1.165, 1.54) is 5.56 Å². The Morgan fingerprint density at radius 2 is 2.25 bits per heavy atom. The molecule has 1 aliphatic rings. The highest BCUT2D eigenvalue weighted by Gasteiger charge is 2.26. The number of nitrogens with two attached hydrogens (primary N) is 1. The van der Waals surface area contributed by atoms with Crippen LogP contribution >= 0.6 is 0 Å². The standard InChI is InChI=1S/C13H19NO2/c1-13(2)6-5-9-3-4-10(11(15)8-14)7-12(9)16-13/h3-4,7,11,15H,5-6,8,14H2,1-2H3. The Kier molecular flexibility index (Phi) is 2.91. The third kappa shape index (κ3) is 2.20. The van der Waals surface area contributed by atoms with E-state index < -0.39 is 6.10 Å². The number of hydrogen-bond acceptors (Lipinski definition) is 3. The number of aliphatic hydroxyl groups excluding tert-OH is 1. The van der Waals surface area contributed by atoms with E-state index in [0.29, 0.717) is 0 Å². The van der Waals surface area contributed by atoms with E-state index in [-0.39, 0.29) is 12.1 Å². The van der Waals surface area contributed by atoms with Crippen molar-refractivity contribution in [2.45, 2.75) is 38.4 Å². The van der Waals surface area contributed by atoms with Crippen molar-refractivity contribution in [3.8, 4) is 5.75 Å². The van der Waals surface area contributed by atoms with E-state index in [0.717, 1.165) is 24.2 Å². The molecule has 3 nitrogen and oxygen atoms in total. The van der Waals surface area contributed by atoms with Gasteiger partial charge in [0.25, 0.3) is 0 Å². The monoisotopic (exact) mass is 221 g/mol. The topological polar surface area (TPSA) is 55.5 Å². The first-order chi connectivity index (χ1) is 7.52. The van der Waals surface area contributed by atoms with Gasteiger partial charge in [0.05, 0.1) is 6.10 Å². The van der Waals surface area contributed by atoms with Crippen LogP contribution in [0.15, 0.2) is 18.2 Å². The maximum Gasteiger partial charge on any atom is 0.123 e. The lowest BCUT2D eigenvalue weighted by molar-refractivity contribution is 0.0839. The highest BCUT2D eigenvalue weighted by molar-refractivity contribution is 5.40. The quantitative estimate of drug-likeness (QED) is 0.800. The number of rotatable bonds is 2. The molecule has 0 fully saturated rings. The van der Waals surface area contributed by atoms with Crippen LogP contribution in [0.4, 0.5) is 0 Å². The van der Waals surface area contributed by atoms with Crippen molar-refractivity contribution in [3.05, 3.63) is 29.3 Å². The normalized spacial score (nSPS) is 19.8. The van der Waals surface area contributed by atoms with E-state index in [1.54, 1.807) is 0 Å². The molecule has 1 unspecified atom stereocenters. The molecule has 2 rings (SSSR count). The predicted octanol–water partition coefficient (Wildman–Crippen LogP) is 1.78. The average Bonchev–Trinajstić information content (AvgIpc) is 2.25. The molecular formula is C13H19NO2. The fourth-order valence-corrected chi connectivity index (χ4v) is 2.00. The summed E-state index contributed by atoms with van der Waals surface area (Å²) in [6.07, 6.45) is 1.46. The third-order valence-electron chi connectivity index (χ3n) is 3.08. The van der Waals surface area contributed by atoms with Crippen LogP contribution in [0.1, 0.15) is 37.5 Å². The van der Waals surface area contributed by atoms with Crippen LogP contribution in [-0.4, -0.2) is 17.3 Å². The minimum absolute atomic E-state index is 0.112. The molecule has 1 atom stereocenters. The summed E-state index contributed by atoms with van der Waals surface area (Å²) in [6, 6.07) is 5.87. The number of hydrogen-bond donors (Lipinski definition) is 2. The van der Waals surface area contributed by atoms with Crippen molar-refractivity contribution in [1.29, 1.82) is 0 Å². The second-order valence-corrected chi connectivity index (χ2v) is 4.98. The first kappa shape index (κ1) is 11.4. The summed E-state index contributed by atoms with van der Waals surface area (Å²) in [5, 5.41) is 9.68. The molecule has 0 bridgehead atoms. The summed E-state index contributed by atoms with van der Waals surface area (Å²) >= 11 is 0. The lowest BCUT2D eigenvalue weighted by Gasteiger charge is -2.33. The van der Waals surface area contributed by atoms with E-state index in [2.05, 4.69) is 13.8 Å². The summed E-state index contributed by atoms with van der Waals surface area (Å²) in [4.78, 5) is 0. The lowest BCUT2D eigenvalue weighted by atomic mass is 9.93. The summed E-state index contributed by atoms with van der Waals surface area (Å²) in [5.74, 6) is 0.890. The van der Waals surface area contributed by atoms with Crippen LogP contribution in [0.25, 0.3) is 0 Å². The van der Waals surface area contributed by atoms with Crippen LogP contribution in [-0.2, 0) is 6.42 Å². The molecule has 3 N–H and O–H groups in total. The van der Waals surface area contributed by atoms with Crippen molar-refractivity contribution in [2.24, 2.45) is 5.73 Å². The second-order valence-electron chi connectivity index (χ2n) is 4.98. The number of aliphatic hydroxyl groups is 1. The van der Waals surface area contributed by atoms with E-state index in [1.807, 2.05) is 18.2 Å². The second kappa shape index (κ2) is 4.07. The largest absolute Gasteiger partial charge is 0.488 e. The van der Waals surface area contributed by atoms with Gasteiger partial charge in [0.2, 0.25) is 0 Å². The number of benzene rings is 1. The van der Waals surface area contributed by atoms with Crippen molar-refractivity contribution < 1.29 is 9.84 Å². The van der Waals surface area contributed by atoms with Gasteiger partial charge in [-0.1, -0.05) is 12.1 Å². The first-order valence-corrected chi connectivity index (χ1v) is 5.72. The fraction of sp³-hybridized carbons (Fsp3) is 0.538. The Labute approximate surface area is 96.2 Å². The Balaban J connectivity index is 2.31. The zero-order valence-electron chi connectivity index (χ0n) is 9.86. The van der Waals surface area contributed by atoms with Gasteiger partial charge in [0.1, 0.15) is 11.4 Å². The molecule has 0 radical (unpaired) electrons. The van der Waals surface area contributed by atoms with E-state index >= 15 is 0 Å². The molecule has 88 valence electrons. The lowest BCUT2D eigenvalue weighted by Crippen LogP contribution is -2.32. The van der Waals surface area contributed by atoms with Crippen LogP contribution in [0.2, 0.25) is 0 Å². The SMILES string of the molecule is CC1(C)CCc2ccc(C(O)CN)cc2O1. The van der Waals surface area contributed by atoms with Gasteiger partial charge in [0, 0.05) is 6.54 Å². The fourth-order valence-electron chi connectivity index (χ4n) is 2.00. The Morgan fingerprint density at radius 3 is 2.94 bits per heavy atom. The molecule has 0 aromatic heterocycles. The van der Waals surface area contributed by atoms with Gasteiger partial charge in [-0.2, -0.15) is 0 Å². The maximum atomic E-state index is 9.68.